The molecule has 1 amide bonds. The zero-order chi connectivity index (χ0) is 22.5. The third kappa shape index (κ3) is 5.24. The summed E-state index contributed by atoms with van der Waals surface area (Å²) in [5, 5.41) is 4.89. The molecular weight excluding hydrogens is 438 g/mol. The van der Waals surface area contributed by atoms with E-state index >= 15 is 0 Å². The van der Waals surface area contributed by atoms with Gasteiger partial charge in [0.2, 0.25) is 0 Å². The number of carbonyl (C=O) groups is 1. The van der Waals surface area contributed by atoms with Crippen LogP contribution in [0.3, 0.4) is 0 Å². The summed E-state index contributed by atoms with van der Waals surface area (Å²) in [7, 11) is 0. The van der Waals surface area contributed by atoms with E-state index in [9.17, 15) is 4.79 Å². The van der Waals surface area contributed by atoms with Crippen LogP contribution in [0.15, 0.2) is 60.7 Å². The monoisotopic (exact) mass is 467 g/mol. The first kappa shape index (κ1) is 23.0. The molecule has 1 N–H and O–H groups in total. The second kappa shape index (κ2) is 10.6. The number of rotatable bonds is 7. The lowest BCUT2D eigenvalue weighted by Gasteiger charge is -2.39. The third-order valence-electron chi connectivity index (χ3n) is 6.12. The number of halogens is 1. The molecule has 1 aliphatic rings. The minimum absolute atomic E-state index is 0.0676. The Bertz CT molecular complexity index is 1030. The number of nitrogens with one attached hydrogen (secondary N) is 1. The van der Waals surface area contributed by atoms with Gasteiger partial charge in [-0.1, -0.05) is 55.8 Å². The molecule has 1 fully saturated rings. The molecule has 168 valence electrons. The molecule has 3 aromatic rings. The van der Waals surface area contributed by atoms with E-state index in [1.807, 2.05) is 42.5 Å². The van der Waals surface area contributed by atoms with Crippen LogP contribution < -0.4 is 5.32 Å². The van der Waals surface area contributed by atoms with Crippen molar-refractivity contribution in [1.29, 1.82) is 0 Å². The molecule has 0 unspecified atom stereocenters. The standard InChI is InChI=1S/C26H30ClN3OS/c1-3-22-18-23(26(32-22)28-25(31)20-8-6-5-7-9-20)24(19-10-12-21(27)13-11-19)30-16-14-29(4-2)15-17-30/h5-13,18,24H,3-4,14-17H2,1-2H3,(H,28,31)/t24-/m1/s1. The molecule has 32 heavy (non-hydrogen) atoms. The summed E-state index contributed by atoms with van der Waals surface area (Å²) in [6.45, 7) is 9.55. The molecule has 0 saturated carbocycles. The molecule has 0 aliphatic carbocycles. The number of anilines is 1. The van der Waals surface area contributed by atoms with Crippen LogP contribution in [0.1, 0.15) is 46.3 Å². The van der Waals surface area contributed by atoms with Gasteiger partial charge in [0.05, 0.1) is 6.04 Å². The zero-order valence-corrected chi connectivity index (χ0v) is 20.3. The molecule has 2 aromatic carbocycles. The molecule has 4 nitrogen and oxygen atoms in total. The van der Waals surface area contributed by atoms with Gasteiger partial charge in [-0.15, -0.1) is 11.3 Å². The van der Waals surface area contributed by atoms with Crippen LogP contribution in [0.25, 0.3) is 0 Å². The van der Waals surface area contributed by atoms with Gasteiger partial charge in [-0.3, -0.25) is 9.69 Å². The first-order chi connectivity index (χ1) is 15.6. The van der Waals surface area contributed by atoms with Crippen LogP contribution in [0, 0.1) is 0 Å². The highest BCUT2D eigenvalue weighted by Crippen LogP contribution is 2.40. The van der Waals surface area contributed by atoms with E-state index in [4.69, 9.17) is 11.6 Å². The van der Waals surface area contributed by atoms with Crippen LogP contribution in [-0.4, -0.2) is 48.4 Å². The van der Waals surface area contributed by atoms with E-state index in [-0.39, 0.29) is 11.9 Å². The lowest BCUT2D eigenvalue weighted by molar-refractivity contribution is 0.102. The smallest absolute Gasteiger partial charge is 0.256 e. The van der Waals surface area contributed by atoms with E-state index in [1.165, 1.54) is 16.0 Å². The van der Waals surface area contributed by atoms with Crippen molar-refractivity contribution in [2.45, 2.75) is 26.3 Å². The van der Waals surface area contributed by atoms with Crippen molar-refractivity contribution in [1.82, 2.24) is 9.80 Å². The van der Waals surface area contributed by atoms with Gasteiger partial charge in [0.25, 0.3) is 5.91 Å². The molecule has 0 bridgehead atoms. The fraction of sp³-hybridized carbons (Fsp3) is 0.346. The summed E-state index contributed by atoms with van der Waals surface area (Å²) in [5.74, 6) is -0.0676. The number of aryl methyl sites for hydroxylation is 1. The summed E-state index contributed by atoms with van der Waals surface area (Å²) in [5.41, 5.74) is 3.04. The molecule has 4 rings (SSSR count). The fourth-order valence-corrected chi connectivity index (χ4v) is 5.42. The number of thiophene rings is 1. The molecule has 1 aliphatic heterocycles. The lowest BCUT2D eigenvalue weighted by atomic mass is 9.97. The zero-order valence-electron chi connectivity index (χ0n) is 18.7. The molecule has 0 radical (unpaired) electrons. The minimum atomic E-state index is -0.0676. The van der Waals surface area contributed by atoms with Gasteiger partial charge in [-0.25, -0.2) is 0 Å². The highest BCUT2D eigenvalue weighted by atomic mass is 35.5. The SMILES string of the molecule is CCc1cc([C@@H](c2ccc(Cl)cc2)N2CCN(CC)CC2)c(NC(=O)c2ccccc2)s1. The van der Waals surface area contributed by atoms with E-state index < -0.39 is 0 Å². The van der Waals surface area contributed by atoms with Crippen LogP contribution in [0.2, 0.25) is 5.02 Å². The Labute approximate surface area is 199 Å². The number of amides is 1. The Balaban J connectivity index is 1.71. The van der Waals surface area contributed by atoms with Crippen LogP contribution in [0.5, 0.6) is 0 Å². The second-order valence-corrected chi connectivity index (χ2v) is 9.67. The first-order valence-corrected chi connectivity index (χ1v) is 12.5. The first-order valence-electron chi connectivity index (χ1n) is 11.3. The highest BCUT2D eigenvalue weighted by Gasteiger charge is 2.29. The van der Waals surface area contributed by atoms with Gasteiger partial charge in [0.1, 0.15) is 5.00 Å². The number of carbonyl (C=O) groups excluding carboxylic acids is 1. The largest absolute Gasteiger partial charge is 0.313 e. The van der Waals surface area contributed by atoms with E-state index in [1.54, 1.807) is 11.3 Å². The molecule has 6 heteroatoms. The Morgan fingerprint density at radius 2 is 1.72 bits per heavy atom. The van der Waals surface area contributed by atoms with E-state index in [0.29, 0.717) is 5.56 Å². The van der Waals surface area contributed by atoms with Crippen LogP contribution >= 0.6 is 22.9 Å². The van der Waals surface area contributed by atoms with Gasteiger partial charge in [-0.2, -0.15) is 0 Å². The maximum Gasteiger partial charge on any atom is 0.256 e. The fourth-order valence-electron chi connectivity index (χ4n) is 4.27. The van der Waals surface area contributed by atoms with Crippen LogP contribution in [0.4, 0.5) is 5.00 Å². The molecule has 1 saturated heterocycles. The summed E-state index contributed by atoms with van der Waals surface area (Å²) in [6, 6.07) is 19.9. The molecule has 0 spiro atoms. The van der Waals surface area contributed by atoms with Gasteiger partial charge in [-0.05, 0) is 48.9 Å². The van der Waals surface area contributed by atoms with Crippen molar-refractivity contribution in [3.05, 3.63) is 87.3 Å². The van der Waals surface area contributed by atoms with Crippen molar-refractivity contribution in [3.63, 3.8) is 0 Å². The molecule has 1 atom stereocenters. The van der Waals surface area contributed by atoms with Crippen molar-refractivity contribution < 1.29 is 4.79 Å². The maximum atomic E-state index is 13.0. The Morgan fingerprint density at radius 1 is 1.03 bits per heavy atom. The van der Waals surface area contributed by atoms with Gasteiger partial charge < -0.3 is 10.2 Å². The number of hydrogen-bond donors (Lipinski definition) is 1. The van der Waals surface area contributed by atoms with Crippen molar-refractivity contribution in [2.24, 2.45) is 0 Å². The predicted octanol–water partition coefficient (Wildman–Crippen LogP) is 5.94. The Kier molecular flexibility index (Phi) is 7.63. The normalized spacial score (nSPS) is 16.1. The van der Waals surface area contributed by atoms with E-state index in [2.05, 4.69) is 47.2 Å². The second-order valence-electron chi connectivity index (χ2n) is 8.10. The lowest BCUT2D eigenvalue weighted by Crippen LogP contribution is -2.47. The number of piperazine rings is 1. The Morgan fingerprint density at radius 3 is 2.34 bits per heavy atom. The summed E-state index contributed by atoms with van der Waals surface area (Å²) < 4.78 is 0. The summed E-state index contributed by atoms with van der Waals surface area (Å²) >= 11 is 7.89. The third-order valence-corrected chi connectivity index (χ3v) is 7.59. The average Bonchev–Trinajstić information content (AvgIpc) is 3.23. The minimum Gasteiger partial charge on any atom is -0.313 e. The van der Waals surface area contributed by atoms with Gasteiger partial charge in [0.15, 0.2) is 0 Å². The van der Waals surface area contributed by atoms with Crippen molar-refractivity contribution >= 4 is 33.8 Å². The van der Waals surface area contributed by atoms with Gasteiger partial charge >= 0.3 is 0 Å². The highest BCUT2D eigenvalue weighted by molar-refractivity contribution is 7.16. The van der Waals surface area contributed by atoms with Crippen molar-refractivity contribution in [3.8, 4) is 0 Å². The van der Waals surface area contributed by atoms with E-state index in [0.717, 1.165) is 49.2 Å². The van der Waals surface area contributed by atoms with Gasteiger partial charge in [0, 0.05) is 47.2 Å². The molecule has 2 heterocycles. The van der Waals surface area contributed by atoms with Crippen LogP contribution in [-0.2, 0) is 6.42 Å². The Hall–Kier alpha value is -2.18. The predicted molar refractivity (Wildman–Crippen MR) is 135 cm³/mol. The summed E-state index contributed by atoms with van der Waals surface area (Å²) in [4.78, 5) is 19.3. The summed E-state index contributed by atoms with van der Waals surface area (Å²) in [6.07, 6.45) is 0.940. The maximum absolute atomic E-state index is 13.0. The number of benzene rings is 2. The van der Waals surface area contributed by atoms with Crippen molar-refractivity contribution in [2.75, 3.05) is 38.0 Å². The number of nitrogens with zero attached hydrogens (tertiary/aromatic N) is 2. The quantitative estimate of drug-likeness (QED) is 0.466. The molecule has 1 aromatic heterocycles. The molecular formula is C26H30ClN3OS. The average molecular weight is 468 g/mol. The topological polar surface area (TPSA) is 35.6 Å². The number of likely N-dealkylation sites (N-methyl/N-ethyl adjacent to an activating group) is 1. The number of hydrogen-bond acceptors (Lipinski definition) is 4.